The van der Waals surface area contributed by atoms with Crippen LogP contribution >= 0.6 is 0 Å². The molecule has 0 bridgehead atoms. The van der Waals surface area contributed by atoms with Crippen LogP contribution in [0.4, 0.5) is 0 Å². The summed E-state index contributed by atoms with van der Waals surface area (Å²) in [5, 5.41) is 4.08. The lowest BCUT2D eigenvalue weighted by Crippen LogP contribution is -2.36. The van der Waals surface area contributed by atoms with Crippen LogP contribution in [0.15, 0.2) is 53.1 Å². The topological polar surface area (TPSA) is 60.6 Å². The molecular formula is C24H27N3O3. The van der Waals surface area contributed by atoms with Crippen LogP contribution in [-0.4, -0.2) is 47.4 Å². The summed E-state index contributed by atoms with van der Waals surface area (Å²) in [4.78, 5) is 6.99. The van der Waals surface area contributed by atoms with Gasteiger partial charge >= 0.3 is 0 Å². The van der Waals surface area contributed by atoms with Crippen molar-refractivity contribution in [1.29, 1.82) is 0 Å². The summed E-state index contributed by atoms with van der Waals surface area (Å²) >= 11 is 0. The normalized spacial score (nSPS) is 17.1. The lowest BCUT2D eigenvalue weighted by molar-refractivity contribution is 0.00676. The molecule has 1 saturated heterocycles. The Labute approximate surface area is 176 Å². The third-order valence-electron chi connectivity index (χ3n) is 5.86. The number of likely N-dealkylation sites (tertiary alicyclic amines) is 1. The van der Waals surface area contributed by atoms with Gasteiger partial charge in [0.25, 0.3) is 5.89 Å². The van der Waals surface area contributed by atoms with E-state index in [0.717, 1.165) is 56.8 Å². The number of piperidine rings is 1. The first-order valence-electron chi connectivity index (χ1n) is 10.8. The fourth-order valence-corrected chi connectivity index (χ4v) is 4.20. The summed E-state index contributed by atoms with van der Waals surface area (Å²) in [5.74, 6) is 2.33. The zero-order valence-electron chi connectivity index (χ0n) is 17.1. The molecule has 6 nitrogen and oxygen atoms in total. The van der Waals surface area contributed by atoms with Gasteiger partial charge in [0.1, 0.15) is 5.75 Å². The van der Waals surface area contributed by atoms with Crippen molar-refractivity contribution in [3.05, 3.63) is 65.5 Å². The van der Waals surface area contributed by atoms with Crippen LogP contribution in [0.2, 0.25) is 0 Å². The van der Waals surface area contributed by atoms with E-state index in [-0.39, 0.29) is 0 Å². The molecule has 2 aliphatic rings. The largest absolute Gasteiger partial charge is 0.493 e. The minimum atomic E-state index is 0.315. The third-order valence-corrected chi connectivity index (χ3v) is 5.86. The van der Waals surface area contributed by atoms with E-state index in [1.165, 1.54) is 11.1 Å². The summed E-state index contributed by atoms with van der Waals surface area (Å²) in [6.07, 6.45) is 4.15. The molecule has 2 aromatic carbocycles. The predicted molar refractivity (Wildman–Crippen MR) is 113 cm³/mol. The highest BCUT2D eigenvalue weighted by molar-refractivity contribution is 5.51. The molecule has 6 heteroatoms. The summed E-state index contributed by atoms with van der Waals surface area (Å²) in [6, 6.07) is 16.5. The average molecular weight is 405 g/mol. The van der Waals surface area contributed by atoms with E-state index in [4.69, 9.17) is 14.0 Å². The molecule has 0 saturated carbocycles. The van der Waals surface area contributed by atoms with Crippen LogP contribution in [0.5, 0.6) is 5.75 Å². The maximum atomic E-state index is 6.10. The molecule has 0 unspecified atom stereocenters. The minimum Gasteiger partial charge on any atom is -0.493 e. The van der Waals surface area contributed by atoms with E-state index in [9.17, 15) is 0 Å². The number of benzene rings is 2. The predicted octanol–water partition coefficient (Wildman–Crippen LogP) is 3.90. The van der Waals surface area contributed by atoms with Gasteiger partial charge in [-0.2, -0.15) is 4.98 Å². The van der Waals surface area contributed by atoms with E-state index < -0.39 is 0 Å². The van der Waals surface area contributed by atoms with Gasteiger partial charge in [-0.15, -0.1) is 0 Å². The van der Waals surface area contributed by atoms with Gasteiger partial charge in [-0.1, -0.05) is 35.5 Å². The van der Waals surface area contributed by atoms with Crippen LogP contribution in [0.25, 0.3) is 11.5 Å². The van der Waals surface area contributed by atoms with Crippen LogP contribution in [0.3, 0.4) is 0 Å². The Kier molecular flexibility index (Phi) is 5.77. The second-order valence-electron chi connectivity index (χ2n) is 8.02. The van der Waals surface area contributed by atoms with Gasteiger partial charge in [-0.25, -0.2) is 0 Å². The van der Waals surface area contributed by atoms with Crippen LogP contribution in [-0.2, 0) is 24.1 Å². The van der Waals surface area contributed by atoms with Gasteiger partial charge in [-0.05, 0) is 42.2 Å². The number of nitrogens with zero attached hydrogens (tertiary/aromatic N) is 3. The molecular weight excluding hydrogens is 378 g/mol. The quantitative estimate of drug-likeness (QED) is 0.594. The number of hydrogen-bond acceptors (Lipinski definition) is 6. The SMILES string of the molecule is c1ccc(-c2nc(CCOC3CCN(Cc4ccc5c(c4)CCO5)CC3)no2)cc1. The van der Waals surface area contributed by atoms with Crippen LogP contribution in [0.1, 0.15) is 29.8 Å². The van der Waals surface area contributed by atoms with Crippen LogP contribution < -0.4 is 4.74 Å². The van der Waals surface area contributed by atoms with E-state index in [0.29, 0.717) is 30.8 Å². The van der Waals surface area contributed by atoms with Crippen molar-refractivity contribution in [2.24, 2.45) is 0 Å². The van der Waals surface area contributed by atoms with E-state index in [1.54, 1.807) is 0 Å². The first-order valence-corrected chi connectivity index (χ1v) is 10.8. The Hall–Kier alpha value is -2.70. The fraction of sp³-hybridized carbons (Fsp3) is 0.417. The molecule has 3 aromatic rings. The van der Waals surface area contributed by atoms with Gasteiger partial charge in [0.2, 0.25) is 0 Å². The molecule has 30 heavy (non-hydrogen) atoms. The van der Waals surface area contributed by atoms with Crippen molar-refractivity contribution < 1.29 is 14.0 Å². The fourth-order valence-electron chi connectivity index (χ4n) is 4.20. The number of hydrogen-bond donors (Lipinski definition) is 0. The van der Waals surface area contributed by atoms with Crippen molar-refractivity contribution in [2.75, 3.05) is 26.3 Å². The molecule has 0 spiro atoms. The standard InChI is InChI=1S/C24H27N3O3/c1-2-4-19(5-3-1)24-25-23(26-30-24)11-15-28-21-8-12-27(13-9-21)17-18-6-7-22-20(16-18)10-14-29-22/h1-7,16,21H,8-15,17H2. The summed E-state index contributed by atoms with van der Waals surface area (Å²) in [5.41, 5.74) is 3.67. The summed E-state index contributed by atoms with van der Waals surface area (Å²) in [7, 11) is 0. The highest BCUT2D eigenvalue weighted by atomic mass is 16.5. The Morgan fingerprint density at radius 3 is 2.80 bits per heavy atom. The molecule has 5 rings (SSSR count). The number of ether oxygens (including phenoxy) is 2. The van der Waals surface area contributed by atoms with E-state index >= 15 is 0 Å². The molecule has 3 heterocycles. The van der Waals surface area contributed by atoms with Crippen molar-refractivity contribution in [2.45, 2.75) is 38.3 Å². The lowest BCUT2D eigenvalue weighted by Gasteiger charge is -2.32. The Morgan fingerprint density at radius 2 is 1.93 bits per heavy atom. The van der Waals surface area contributed by atoms with Crippen molar-refractivity contribution in [3.63, 3.8) is 0 Å². The van der Waals surface area contributed by atoms with Crippen molar-refractivity contribution in [1.82, 2.24) is 15.0 Å². The Bertz CT molecular complexity index is 965. The molecule has 2 aliphatic heterocycles. The average Bonchev–Trinajstić information content (AvgIpc) is 3.45. The minimum absolute atomic E-state index is 0.315. The number of rotatable bonds is 7. The smallest absolute Gasteiger partial charge is 0.257 e. The lowest BCUT2D eigenvalue weighted by atomic mass is 10.0. The second kappa shape index (κ2) is 8.98. The maximum Gasteiger partial charge on any atom is 0.257 e. The van der Waals surface area contributed by atoms with Crippen LogP contribution in [0, 0.1) is 0 Å². The Morgan fingerprint density at radius 1 is 1.07 bits per heavy atom. The summed E-state index contributed by atoms with van der Waals surface area (Å²) < 4.78 is 17.1. The maximum absolute atomic E-state index is 6.10. The van der Waals surface area contributed by atoms with Gasteiger partial charge in [-0.3, -0.25) is 4.90 Å². The van der Waals surface area contributed by atoms with Crippen molar-refractivity contribution in [3.8, 4) is 17.2 Å². The second-order valence-corrected chi connectivity index (χ2v) is 8.02. The monoisotopic (exact) mass is 405 g/mol. The first-order chi connectivity index (χ1) is 14.8. The number of fused-ring (bicyclic) bond motifs is 1. The zero-order valence-corrected chi connectivity index (χ0v) is 17.1. The molecule has 0 N–H and O–H groups in total. The van der Waals surface area contributed by atoms with E-state index in [2.05, 4.69) is 33.2 Å². The summed E-state index contributed by atoms with van der Waals surface area (Å²) in [6.45, 7) is 4.59. The third kappa shape index (κ3) is 4.55. The van der Waals surface area contributed by atoms with Gasteiger partial charge in [0.05, 0.1) is 19.3 Å². The molecule has 0 radical (unpaired) electrons. The number of aromatic nitrogens is 2. The van der Waals surface area contributed by atoms with Gasteiger partial charge < -0.3 is 14.0 Å². The molecule has 1 fully saturated rings. The molecule has 156 valence electrons. The highest BCUT2D eigenvalue weighted by Crippen LogP contribution is 2.27. The highest BCUT2D eigenvalue weighted by Gasteiger charge is 2.21. The van der Waals surface area contributed by atoms with E-state index in [1.807, 2.05) is 30.3 Å². The zero-order chi connectivity index (χ0) is 20.2. The molecule has 0 atom stereocenters. The van der Waals surface area contributed by atoms with Gasteiger partial charge in [0.15, 0.2) is 5.82 Å². The molecule has 0 amide bonds. The Balaban J connectivity index is 1.04. The first kappa shape index (κ1) is 19.3. The van der Waals surface area contributed by atoms with Crippen molar-refractivity contribution >= 4 is 0 Å². The molecule has 0 aliphatic carbocycles. The van der Waals surface area contributed by atoms with Gasteiger partial charge in [0, 0.05) is 38.0 Å². The molecule has 1 aromatic heterocycles.